The second-order valence-corrected chi connectivity index (χ2v) is 9.98. The number of sulfonamides is 1. The molecule has 0 amide bonds. The Morgan fingerprint density at radius 1 is 1.18 bits per heavy atom. The number of nitrogens with zero attached hydrogens (tertiary/aromatic N) is 4. The Balaban J connectivity index is 1.58. The van der Waals surface area contributed by atoms with Crippen LogP contribution in [-0.2, 0) is 23.1 Å². The van der Waals surface area contributed by atoms with E-state index in [1.54, 1.807) is 35.3 Å². The molecule has 1 unspecified atom stereocenters. The van der Waals surface area contributed by atoms with Crippen molar-refractivity contribution in [3.8, 4) is 23.3 Å². The predicted molar refractivity (Wildman–Crippen MR) is 142 cm³/mol. The largest absolute Gasteiger partial charge is 0.496 e. The van der Waals surface area contributed by atoms with Crippen LogP contribution in [-0.4, -0.2) is 61.1 Å². The first-order chi connectivity index (χ1) is 18.7. The summed E-state index contributed by atoms with van der Waals surface area (Å²) in [5, 5.41) is 33.2. The number of aliphatic hydroxyl groups excluding tert-OH is 1. The van der Waals surface area contributed by atoms with Crippen molar-refractivity contribution in [3.05, 3.63) is 66.0 Å². The Labute approximate surface area is 224 Å². The molecule has 4 N–H and O–H groups in total. The lowest BCUT2D eigenvalue weighted by Gasteiger charge is -2.14. The van der Waals surface area contributed by atoms with E-state index in [1.165, 1.54) is 33.5 Å². The van der Waals surface area contributed by atoms with E-state index in [0.717, 1.165) is 11.1 Å². The van der Waals surface area contributed by atoms with Gasteiger partial charge in [0, 0.05) is 18.3 Å². The molecular formula is C25H27N7O6S. The number of hydrogen-bond donors (Lipinski definition) is 4. The van der Waals surface area contributed by atoms with Gasteiger partial charge in [-0.15, -0.1) is 0 Å². The molecule has 1 atom stereocenters. The predicted octanol–water partition coefficient (Wildman–Crippen LogP) is 2.12. The number of hydrogen-bond acceptors (Lipinski definition) is 10. The summed E-state index contributed by atoms with van der Waals surface area (Å²) in [6, 6.07) is 10.0. The number of nitrogens with one attached hydrogen (secondary N) is 3. The van der Waals surface area contributed by atoms with Gasteiger partial charge in [-0.1, -0.05) is 12.6 Å². The molecule has 0 bridgehead atoms. The van der Waals surface area contributed by atoms with E-state index in [2.05, 4.69) is 31.9 Å². The van der Waals surface area contributed by atoms with Crippen molar-refractivity contribution in [1.29, 1.82) is 5.26 Å². The minimum Gasteiger partial charge on any atom is -0.496 e. The number of benzene rings is 2. The normalized spacial score (nSPS) is 12.1. The molecular weight excluding hydrogens is 526 g/mol. The van der Waals surface area contributed by atoms with Crippen molar-refractivity contribution >= 4 is 26.7 Å². The summed E-state index contributed by atoms with van der Waals surface area (Å²) in [4.78, 5) is -0.157. The molecule has 0 saturated carbocycles. The van der Waals surface area contributed by atoms with Gasteiger partial charge in [-0.2, -0.15) is 15.5 Å². The Kier molecular flexibility index (Phi) is 8.05. The highest BCUT2D eigenvalue weighted by molar-refractivity contribution is 7.93. The zero-order chi connectivity index (χ0) is 28.2. The van der Waals surface area contributed by atoms with E-state index < -0.39 is 16.3 Å². The smallest absolute Gasteiger partial charge is 0.270 e. The van der Waals surface area contributed by atoms with Gasteiger partial charge in [0.1, 0.15) is 23.5 Å². The maximum atomic E-state index is 13.3. The van der Waals surface area contributed by atoms with Crippen LogP contribution in [0.4, 0.5) is 5.82 Å². The number of rotatable bonds is 12. The third-order valence-electron chi connectivity index (χ3n) is 5.79. The van der Waals surface area contributed by atoms with Crippen LogP contribution in [0, 0.1) is 11.3 Å². The standard InChI is InChI=1S/C25H27N7O6S/c1-15(10-26)25(33)27-11-17-12-28-32(14-17)13-16-8-18-22(21(9-16)38-4)24(30-29-18)31-39(34,35)23-19(36-2)6-5-7-20(23)37-3/h5-9,12,14,25,27,33H,1,11,13H2,2-4H3,(H2,29,30,31). The van der Waals surface area contributed by atoms with E-state index in [9.17, 15) is 13.5 Å². The first-order valence-corrected chi connectivity index (χ1v) is 13.0. The van der Waals surface area contributed by atoms with Crippen LogP contribution >= 0.6 is 0 Å². The van der Waals surface area contributed by atoms with Crippen LogP contribution in [0.1, 0.15) is 11.1 Å². The Hall–Kier alpha value is -4.58. The van der Waals surface area contributed by atoms with Crippen LogP contribution < -0.4 is 24.2 Å². The quantitative estimate of drug-likeness (QED) is 0.150. The lowest BCUT2D eigenvalue weighted by Crippen LogP contribution is -2.29. The van der Waals surface area contributed by atoms with E-state index >= 15 is 0 Å². The van der Waals surface area contributed by atoms with Crippen molar-refractivity contribution < 1.29 is 27.7 Å². The van der Waals surface area contributed by atoms with Crippen LogP contribution in [0.25, 0.3) is 10.9 Å². The molecule has 2 aromatic heterocycles. The third-order valence-corrected chi connectivity index (χ3v) is 7.20. The van der Waals surface area contributed by atoms with Gasteiger partial charge in [0.05, 0.1) is 56.6 Å². The van der Waals surface area contributed by atoms with Crippen molar-refractivity contribution in [3.63, 3.8) is 0 Å². The van der Waals surface area contributed by atoms with Crippen LogP contribution in [0.5, 0.6) is 17.2 Å². The van der Waals surface area contributed by atoms with Crippen molar-refractivity contribution in [2.24, 2.45) is 0 Å². The average Bonchev–Trinajstić information content (AvgIpc) is 3.56. The number of aliphatic hydroxyl groups is 1. The van der Waals surface area contributed by atoms with Crippen molar-refractivity contribution in [1.82, 2.24) is 25.3 Å². The third kappa shape index (κ3) is 5.80. The SMILES string of the molecule is C=C(C#N)C(O)NCc1cnn(Cc2cc(OC)c3c(NS(=O)(=O)c4c(OC)cccc4OC)n[nH]c3c2)c1. The maximum Gasteiger partial charge on any atom is 0.270 e. The molecule has 14 heteroatoms. The molecule has 39 heavy (non-hydrogen) atoms. The van der Waals surface area contributed by atoms with Gasteiger partial charge in [0.15, 0.2) is 10.7 Å². The lowest BCUT2D eigenvalue weighted by molar-refractivity contribution is 0.175. The molecule has 0 aliphatic carbocycles. The van der Waals surface area contributed by atoms with E-state index in [0.29, 0.717) is 23.2 Å². The number of aromatic nitrogens is 4. The van der Waals surface area contributed by atoms with Gasteiger partial charge in [0.2, 0.25) is 0 Å². The fourth-order valence-electron chi connectivity index (χ4n) is 3.93. The minimum absolute atomic E-state index is 0.0195. The molecule has 4 rings (SSSR count). The zero-order valence-electron chi connectivity index (χ0n) is 21.4. The minimum atomic E-state index is -4.16. The first kappa shape index (κ1) is 27.5. The van der Waals surface area contributed by atoms with Gasteiger partial charge < -0.3 is 19.3 Å². The molecule has 0 fully saturated rings. The monoisotopic (exact) mass is 553 g/mol. The van der Waals surface area contributed by atoms with E-state index in [1.807, 2.05) is 6.07 Å². The molecule has 4 aromatic rings. The highest BCUT2D eigenvalue weighted by Crippen LogP contribution is 2.37. The number of nitriles is 1. The van der Waals surface area contributed by atoms with Crippen molar-refractivity contribution in [2.75, 3.05) is 26.1 Å². The van der Waals surface area contributed by atoms with Gasteiger partial charge in [-0.3, -0.25) is 19.8 Å². The molecule has 0 saturated heterocycles. The molecule has 0 aliphatic heterocycles. The number of fused-ring (bicyclic) bond motifs is 1. The molecule has 204 valence electrons. The summed E-state index contributed by atoms with van der Waals surface area (Å²) >= 11 is 0. The van der Waals surface area contributed by atoms with E-state index in [-0.39, 0.29) is 34.3 Å². The van der Waals surface area contributed by atoms with Gasteiger partial charge in [-0.05, 0) is 29.8 Å². The summed E-state index contributed by atoms with van der Waals surface area (Å²) in [5.41, 5.74) is 2.16. The molecule has 13 nitrogen and oxygen atoms in total. The first-order valence-electron chi connectivity index (χ1n) is 11.5. The zero-order valence-corrected chi connectivity index (χ0v) is 22.2. The summed E-state index contributed by atoms with van der Waals surface area (Å²) in [5.74, 6) is 0.683. The van der Waals surface area contributed by atoms with Gasteiger partial charge in [0.25, 0.3) is 10.0 Å². The van der Waals surface area contributed by atoms with Crippen molar-refractivity contribution in [2.45, 2.75) is 24.2 Å². The maximum absolute atomic E-state index is 13.3. The molecule has 0 aliphatic rings. The topological polar surface area (TPSA) is 176 Å². The fraction of sp³-hybridized carbons (Fsp3) is 0.240. The Morgan fingerprint density at radius 2 is 1.87 bits per heavy atom. The van der Waals surface area contributed by atoms with E-state index in [4.69, 9.17) is 19.5 Å². The summed E-state index contributed by atoms with van der Waals surface area (Å²) in [6.45, 7) is 4.13. The summed E-state index contributed by atoms with van der Waals surface area (Å²) < 4.78 is 47.0. The average molecular weight is 554 g/mol. The Bertz CT molecular complexity index is 1630. The number of aromatic amines is 1. The highest BCUT2D eigenvalue weighted by Gasteiger charge is 2.27. The van der Waals surface area contributed by atoms with Crippen LogP contribution in [0.3, 0.4) is 0 Å². The van der Waals surface area contributed by atoms with Gasteiger partial charge in [-0.25, -0.2) is 8.42 Å². The summed E-state index contributed by atoms with van der Waals surface area (Å²) in [6.07, 6.45) is 2.29. The molecule has 0 spiro atoms. The van der Waals surface area contributed by atoms with Crippen LogP contribution in [0.2, 0.25) is 0 Å². The second-order valence-electron chi connectivity index (χ2n) is 8.36. The van der Waals surface area contributed by atoms with Crippen LogP contribution in [0.15, 0.2) is 59.8 Å². The lowest BCUT2D eigenvalue weighted by atomic mass is 10.1. The fourth-order valence-corrected chi connectivity index (χ4v) is 5.27. The highest BCUT2D eigenvalue weighted by atomic mass is 32.2. The number of H-pyrrole nitrogens is 1. The molecule has 2 aromatic carbocycles. The van der Waals surface area contributed by atoms with Gasteiger partial charge >= 0.3 is 0 Å². The number of ether oxygens (including phenoxy) is 3. The number of methoxy groups -OCH3 is 3. The molecule has 2 heterocycles. The molecule has 0 radical (unpaired) electrons. The Morgan fingerprint density at radius 3 is 2.51 bits per heavy atom. The number of anilines is 1. The summed E-state index contributed by atoms with van der Waals surface area (Å²) in [7, 11) is 0.0613. The second kappa shape index (κ2) is 11.4.